The van der Waals surface area contributed by atoms with Crippen LogP contribution in [-0.2, 0) is 13.0 Å². The molecule has 33 heavy (non-hydrogen) atoms. The Hall–Kier alpha value is -4.46. The first-order chi connectivity index (χ1) is 16.2. The van der Waals surface area contributed by atoms with Gasteiger partial charge >= 0.3 is 0 Å². The second-order valence-corrected chi connectivity index (χ2v) is 7.29. The number of fused-ring (bicyclic) bond motifs is 1. The van der Waals surface area contributed by atoms with Gasteiger partial charge in [0, 0.05) is 23.2 Å². The van der Waals surface area contributed by atoms with Gasteiger partial charge in [0.05, 0.1) is 0 Å². The Kier molecular flexibility index (Phi) is 5.55. The van der Waals surface area contributed by atoms with Crippen LogP contribution in [-0.4, -0.2) is 21.0 Å². The molecule has 0 bridgehead atoms. The minimum atomic E-state index is -0.220. The summed E-state index contributed by atoms with van der Waals surface area (Å²) < 4.78 is 16.5. The van der Waals surface area contributed by atoms with E-state index < -0.39 is 0 Å². The number of anilines is 1. The van der Waals surface area contributed by atoms with Gasteiger partial charge in [0.2, 0.25) is 17.6 Å². The molecule has 8 heteroatoms. The van der Waals surface area contributed by atoms with E-state index in [4.69, 9.17) is 13.7 Å². The van der Waals surface area contributed by atoms with Crippen molar-refractivity contribution in [2.45, 2.75) is 20.0 Å². The van der Waals surface area contributed by atoms with Crippen molar-refractivity contribution in [3.63, 3.8) is 0 Å². The van der Waals surface area contributed by atoms with Gasteiger partial charge in [-0.1, -0.05) is 24.2 Å². The van der Waals surface area contributed by atoms with Gasteiger partial charge in [0.25, 0.3) is 5.91 Å². The van der Waals surface area contributed by atoms with Crippen LogP contribution in [0.3, 0.4) is 0 Å². The molecule has 0 saturated heterocycles. The molecule has 164 valence electrons. The number of benzene rings is 3. The zero-order chi connectivity index (χ0) is 22.6. The molecular weight excluding hydrogens is 420 g/mol. The van der Waals surface area contributed by atoms with Crippen molar-refractivity contribution < 1.29 is 18.5 Å². The van der Waals surface area contributed by atoms with Crippen LogP contribution in [0.4, 0.5) is 5.69 Å². The molecule has 0 saturated carbocycles. The maximum Gasteiger partial charge on any atom is 0.255 e. The van der Waals surface area contributed by atoms with Gasteiger partial charge in [-0.15, -0.1) is 0 Å². The molecule has 1 N–H and O–H groups in total. The number of aryl methyl sites for hydroxylation is 1. The maximum atomic E-state index is 12.6. The Bertz CT molecular complexity index is 1360. The summed E-state index contributed by atoms with van der Waals surface area (Å²) in [5.41, 5.74) is 3.56. The first kappa shape index (κ1) is 20.4. The van der Waals surface area contributed by atoms with E-state index in [2.05, 4.69) is 20.4 Å². The zero-order valence-electron chi connectivity index (χ0n) is 17.8. The van der Waals surface area contributed by atoms with Gasteiger partial charge in [-0.05, 0) is 60.7 Å². The number of oxazole rings is 1. The summed E-state index contributed by atoms with van der Waals surface area (Å²) in [7, 11) is 0. The van der Waals surface area contributed by atoms with E-state index in [1.807, 2.05) is 55.5 Å². The summed E-state index contributed by atoms with van der Waals surface area (Å²) in [6.45, 7) is 2.13. The van der Waals surface area contributed by atoms with Gasteiger partial charge in [-0.3, -0.25) is 4.79 Å². The number of ether oxygens (including phenoxy) is 1. The molecule has 8 nitrogen and oxygen atoms in total. The summed E-state index contributed by atoms with van der Waals surface area (Å²) >= 11 is 0. The Morgan fingerprint density at radius 2 is 1.76 bits per heavy atom. The van der Waals surface area contributed by atoms with Crippen LogP contribution in [0.15, 0.2) is 81.7 Å². The van der Waals surface area contributed by atoms with Crippen LogP contribution in [0.2, 0.25) is 0 Å². The molecule has 5 aromatic rings. The van der Waals surface area contributed by atoms with Crippen LogP contribution in [0, 0.1) is 0 Å². The molecular formula is C25H20N4O4. The summed E-state index contributed by atoms with van der Waals surface area (Å²) in [6.07, 6.45) is 0.677. The molecule has 0 radical (unpaired) electrons. The van der Waals surface area contributed by atoms with Crippen LogP contribution in [0.1, 0.15) is 29.0 Å². The SMILES string of the molecule is CCc1nc(COc2ccc(C(=O)Nc3ccc(-c4nc5ccccc5o4)cc3)cc2)no1. The van der Waals surface area contributed by atoms with E-state index in [-0.39, 0.29) is 12.5 Å². The first-order valence-electron chi connectivity index (χ1n) is 10.5. The quantitative estimate of drug-likeness (QED) is 0.368. The first-order valence-corrected chi connectivity index (χ1v) is 10.5. The van der Waals surface area contributed by atoms with E-state index in [9.17, 15) is 4.79 Å². The van der Waals surface area contributed by atoms with Crippen LogP contribution in [0.25, 0.3) is 22.6 Å². The van der Waals surface area contributed by atoms with Crippen molar-refractivity contribution in [2.75, 3.05) is 5.32 Å². The number of para-hydroxylation sites is 2. The number of hydrogen-bond donors (Lipinski definition) is 1. The summed E-state index contributed by atoms with van der Waals surface area (Å²) in [6, 6.07) is 21.8. The molecule has 0 fully saturated rings. The fourth-order valence-corrected chi connectivity index (χ4v) is 3.24. The highest BCUT2D eigenvalue weighted by atomic mass is 16.5. The zero-order valence-corrected chi connectivity index (χ0v) is 17.8. The Morgan fingerprint density at radius 1 is 0.970 bits per heavy atom. The average molecular weight is 440 g/mol. The molecule has 0 aliphatic rings. The van der Waals surface area contributed by atoms with Crippen molar-refractivity contribution in [2.24, 2.45) is 0 Å². The third-order valence-electron chi connectivity index (χ3n) is 4.98. The minimum Gasteiger partial charge on any atom is -0.485 e. The van der Waals surface area contributed by atoms with Crippen molar-refractivity contribution >= 4 is 22.7 Å². The van der Waals surface area contributed by atoms with Gasteiger partial charge in [0.1, 0.15) is 11.3 Å². The lowest BCUT2D eigenvalue weighted by Crippen LogP contribution is -2.11. The van der Waals surface area contributed by atoms with Crippen LogP contribution < -0.4 is 10.1 Å². The summed E-state index contributed by atoms with van der Waals surface area (Å²) in [5.74, 6) is 1.98. The van der Waals surface area contributed by atoms with E-state index in [1.165, 1.54) is 0 Å². The standard InChI is InChI=1S/C25H20N4O4/c1-2-23-28-22(29-33-23)15-31-19-13-9-16(10-14-19)24(30)26-18-11-7-17(8-12-18)25-27-20-5-3-4-6-21(20)32-25/h3-14H,2,15H2,1H3,(H,26,30). The summed E-state index contributed by atoms with van der Waals surface area (Å²) in [5, 5.41) is 6.73. The third-order valence-corrected chi connectivity index (χ3v) is 4.98. The maximum absolute atomic E-state index is 12.6. The second-order valence-electron chi connectivity index (χ2n) is 7.29. The average Bonchev–Trinajstić information content (AvgIpc) is 3.50. The molecule has 1 amide bonds. The molecule has 0 aliphatic carbocycles. The monoisotopic (exact) mass is 440 g/mol. The second kappa shape index (κ2) is 8.96. The number of carbonyl (C=O) groups is 1. The van der Waals surface area contributed by atoms with Crippen molar-refractivity contribution in [3.05, 3.63) is 90.1 Å². The van der Waals surface area contributed by atoms with Gasteiger partial charge < -0.3 is 19.0 Å². The number of hydrogen-bond acceptors (Lipinski definition) is 7. The lowest BCUT2D eigenvalue weighted by Gasteiger charge is -2.07. The van der Waals surface area contributed by atoms with Gasteiger partial charge in [0.15, 0.2) is 12.2 Å². The molecule has 0 unspecified atom stereocenters. The third kappa shape index (κ3) is 4.59. The van der Waals surface area contributed by atoms with Crippen LogP contribution >= 0.6 is 0 Å². The highest BCUT2D eigenvalue weighted by Gasteiger charge is 2.10. The molecule has 3 aromatic carbocycles. The lowest BCUT2D eigenvalue weighted by molar-refractivity contribution is 0.102. The van der Waals surface area contributed by atoms with Crippen LogP contribution in [0.5, 0.6) is 5.75 Å². The van der Waals surface area contributed by atoms with Crippen molar-refractivity contribution in [3.8, 4) is 17.2 Å². The van der Waals surface area contributed by atoms with Gasteiger partial charge in [-0.2, -0.15) is 4.98 Å². The minimum absolute atomic E-state index is 0.196. The molecule has 0 aliphatic heterocycles. The molecule has 0 atom stereocenters. The normalized spacial score (nSPS) is 10.9. The smallest absolute Gasteiger partial charge is 0.255 e. The Balaban J connectivity index is 1.20. The fraction of sp³-hybridized carbons (Fsp3) is 0.120. The predicted molar refractivity (Wildman–Crippen MR) is 122 cm³/mol. The Labute approximate surface area is 189 Å². The fourth-order valence-electron chi connectivity index (χ4n) is 3.24. The molecule has 2 aromatic heterocycles. The molecule has 0 spiro atoms. The summed E-state index contributed by atoms with van der Waals surface area (Å²) in [4.78, 5) is 21.3. The number of nitrogens with zero attached hydrogens (tertiary/aromatic N) is 3. The van der Waals surface area contributed by atoms with Crippen molar-refractivity contribution in [1.29, 1.82) is 0 Å². The highest BCUT2D eigenvalue weighted by molar-refractivity contribution is 6.04. The number of rotatable bonds is 7. The van der Waals surface area contributed by atoms with Gasteiger partial charge in [-0.25, -0.2) is 4.98 Å². The van der Waals surface area contributed by atoms with E-state index in [0.717, 1.165) is 16.7 Å². The Morgan fingerprint density at radius 3 is 2.48 bits per heavy atom. The van der Waals surface area contributed by atoms with Crippen molar-refractivity contribution in [1.82, 2.24) is 15.1 Å². The number of carbonyl (C=O) groups excluding carboxylic acids is 1. The number of nitrogens with one attached hydrogen (secondary N) is 1. The highest BCUT2D eigenvalue weighted by Crippen LogP contribution is 2.25. The predicted octanol–water partition coefficient (Wildman–Crippen LogP) is 5.27. The lowest BCUT2D eigenvalue weighted by atomic mass is 10.1. The number of amides is 1. The van der Waals surface area contributed by atoms with E-state index >= 15 is 0 Å². The number of aromatic nitrogens is 3. The largest absolute Gasteiger partial charge is 0.485 e. The molecule has 5 rings (SSSR count). The molecule has 2 heterocycles. The van der Waals surface area contributed by atoms with E-state index in [1.54, 1.807) is 24.3 Å². The van der Waals surface area contributed by atoms with E-state index in [0.29, 0.717) is 41.0 Å². The topological polar surface area (TPSA) is 103 Å².